The first-order valence-corrected chi connectivity index (χ1v) is 6.68. The molecule has 1 fully saturated rings. The third kappa shape index (κ3) is 2.27. The number of aryl methyl sites for hydroxylation is 2. The molecule has 1 saturated carbocycles. The van der Waals surface area contributed by atoms with Crippen LogP contribution in [0.2, 0.25) is 0 Å². The SMILES string of the molecule is Cc1cc(Oc2nccn(C3CC3)c2=O)c(C)cc1N. The minimum Gasteiger partial charge on any atom is -0.434 e. The Kier molecular flexibility index (Phi) is 2.97. The first kappa shape index (κ1) is 12.7. The zero-order chi connectivity index (χ0) is 14.3. The molecule has 2 N–H and O–H groups in total. The van der Waals surface area contributed by atoms with E-state index in [1.54, 1.807) is 17.0 Å². The van der Waals surface area contributed by atoms with Crippen LogP contribution in [0.3, 0.4) is 0 Å². The zero-order valence-corrected chi connectivity index (χ0v) is 11.6. The average molecular weight is 271 g/mol. The van der Waals surface area contributed by atoms with Crippen LogP contribution in [0, 0.1) is 13.8 Å². The van der Waals surface area contributed by atoms with Gasteiger partial charge in [0.15, 0.2) is 0 Å². The van der Waals surface area contributed by atoms with Crippen LogP contribution in [0.15, 0.2) is 29.3 Å². The molecule has 0 radical (unpaired) electrons. The number of benzene rings is 1. The summed E-state index contributed by atoms with van der Waals surface area (Å²) in [5, 5.41) is 0. The number of hydrogen-bond acceptors (Lipinski definition) is 4. The molecule has 1 aliphatic carbocycles. The second kappa shape index (κ2) is 4.67. The molecule has 1 heterocycles. The van der Waals surface area contributed by atoms with Crippen molar-refractivity contribution in [2.45, 2.75) is 32.7 Å². The van der Waals surface area contributed by atoms with E-state index in [-0.39, 0.29) is 11.4 Å². The third-order valence-electron chi connectivity index (χ3n) is 3.55. The van der Waals surface area contributed by atoms with Gasteiger partial charge in [0.05, 0.1) is 0 Å². The van der Waals surface area contributed by atoms with Crippen molar-refractivity contribution in [1.29, 1.82) is 0 Å². The van der Waals surface area contributed by atoms with Gasteiger partial charge >= 0.3 is 5.56 Å². The van der Waals surface area contributed by atoms with Crippen molar-refractivity contribution in [1.82, 2.24) is 9.55 Å². The maximum absolute atomic E-state index is 12.3. The maximum atomic E-state index is 12.3. The van der Waals surface area contributed by atoms with E-state index in [1.165, 1.54) is 0 Å². The number of anilines is 1. The molecule has 20 heavy (non-hydrogen) atoms. The minimum atomic E-state index is -0.177. The summed E-state index contributed by atoms with van der Waals surface area (Å²) in [4.78, 5) is 16.3. The first-order valence-electron chi connectivity index (χ1n) is 6.68. The highest BCUT2D eigenvalue weighted by molar-refractivity contribution is 5.54. The molecule has 0 saturated heterocycles. The largest absolute Gasteiger partial charge is 0.434 e. The molecule has 5 heteroatoms. The summed E-state index contributed by atoms with van der Waals surface area (Å²) >= 11 is 0. The van der Waals surface area contributed by atoms with Gasteiger partial charge in [0.25, 0.3) is 5.88 Å². The van der Waals surface area contributed by atoms with Crippen molar-refractivity contribution in [3.05, 3.63) is 46.0 Å². The number of aromatic nitrogens is 2. The summed E-state index contributed by atoms with van der Waals surface area (Å²) in [5.74, 6) is 0.738. The lowest BCUT2D eigenvalue weighted by Gasteiger charge is -2.11. The van der Waals surface area contributed by atoms with E-state index in [9.17, 15) is 4.79 Å². The van der Waals surface area contributed by atoms with E-state index >= 15 is 0 Å². The molecule has 2 aromatic rings. The number of nitrogen functional groups attached to an aromatic ring is 1. The van der Waals surface area contributed by atoms with E-state index in [4.69, 9.17) is 10.5 Å². The van der Waals surface area contributed by atoms with E-state index in [2.05, 4.69) is 4.98 Å². The van der Waals surface area contributed by atoms with E-state index < -0.39 is 0 Å². The summed E-state index contributed by atoms with van der Waals surface area (Å²) in [6, 6.07) is 3.98. The Labute approximate surface area is 117 Å². The molecule has 3 rings (SSSR count). The Morgan fingerprint density at radius 1 is 1.30 bits per heavy atom. The first-order chi connectivity index (χ1) is 9.56. The molecule has 1 aromatic heterocycles. The molecule has 0 amide bonds. The summed E-state index contributed by atoms with van der Waals surface area (Å²) < 4.78 is 7.39. The second-order valence-corrected chi connectivity index (χ2v) is 5.25. The highest BCUT2D eigenvalue weighted by atomic mass is 16.5. The van der Waals surface area contributed by atoms with Gasteiger partial charge in [-0.25, -0.2) is 4.98 Å². The number of hydrogen-bond donors (Lipinski definition) is 1. The summed E-state index contributed by atoms with van der Waals surface area (Å²) in [6.45, 7) is 3.80. The summed E-state index contributed by atoms with van der Waals surface area (Å²) in [5.41, 5.74) is 8.19. The van der Waals surface area contributed by atoms with Crippen LogP contribution < -0.4 is 16.0 Å². The van der Waals surface area contributed by atoms with Crippen LogP contribution in [0.5, 0.6) is 11.6 Å². The standard InChI is InChI=1S/C15H17N3O2/c1-9-8-13(10(2)7-12(9)16)20-14-15(19)18(6-5-17-14)11-3-4-11/h5-8,11H,3-4,16H2,1-2H3. The van der Waals surface area contributed by atoms with E-state index in [0.29, 0.717) is 17.5 Å². The number of rotatable bonds is 3. The Hall–Kier alpha value is -2.30. The summed E-state index contributed by atoms with van der Waals surface area (Å²) in [6.07, 6.45) is 5.41. The van der Waals surface area contributed by atoms with Crippen molar-refractivity contribution in [3.63, 3.8) is 0 Å². The van der Waals surface area contributed by atoms with Crippen LogP contribution in [0.25, 0.3) is 0 Å². The van der Waals surface area contributed by atoms with Crippen LogP contribution in [-0.4, -0.2) is 9.55 Å². The smallest absolute Gasteiger partial charge is 0.313 e. The molecule has 0 bridgehead atoms. The van der Waals surface area contributed by atoms with Gasteiger partial charge in [0.2, 0.25) is 0 Å². The Bertz CT molecular complexity index is 718. The Morgan fingerprint density at radius 2 is 2.05 bits per heavy atom. The van der Waals surface area contributed by atoms with Gasteiger partial charge in [0.1, 0.15) is 5.75 Å². The van der Waals surface area contributed by atoms with E-state index in [1.807, 2.05) is 26.0 Å². The molecule has 0 unspecified atom stereocenters. The highest BCUT2D eigenvalue weighted by Crippen LogP contribution is 2.33. The molecule has 1 aliphatic rings. The maximum Gasteiger partial charge on any atom is 0.313 e. The van der Waals surface area contributed by atoms with Crippen molar-refractivity contribution >= 4 is 5.69 Å². The lowest BCUT2D eigenvalue weighted by Crippen LogP contribution is -2.20. The fraction of sp³-hybridized carbons (Fsp3) is 0.333. The van der Waals surface area contributed by atoms with Gasteiger partial charge in [-0.05, 0) is 49.9 Å². The topological polar surface area (TPSA) is 70.1 Å². The van der Waals surface area contributed by atoms with Crippen LogP contribution in [0.1, 0.15) is 30.0 Å². The van der Waals surface area contributed by atoms with Gasteiger partial charge in [-0.15, -0.1) is 0 Å². The lowest BCUT2D eigenvalue weighted by atomic mass is 10.1. The van der Waals surface area contributed by atoms with Gasteiger partial charge in [-0.3, -0.25) is 4.79 Å². The fourth-order valence-corrected chi connectivity index (χ4v) is 2.14. The van der Waals surface area contributed by atoms with Crippen molar-refractivity contribution in [3.8, 4) is 11.6 Å². The Balaban J connectivity index is 1.97. The number of nitrogens with two attached hydrogens (primary N) is 1. The predicted molar refractivity (Wildman–Crippen MR) is 77.2 cm³/mol. The molecular formula is C15H17N3O2. The minimum absolute atomic E-state index is 0.117. The fourth-order valence-electron chi connectivity index (χ4n) is 2.14. The highest BCUT2D eigenvalue weighted by Gasteiger charge is 2.25. The monoisotopic (exact) mass is 271 g/mol. The average Bonchev–Trinajstić information content (AvgIpc) is 3.22. The molecular weight excluding hydrogens is 254 g/mol. The third-order valence-corrected chi connectivity index (χ3v) is 3.55. The molecule has 0 spiro atoms. The summed E-state index contributed by atoms with van der Waals surface area (Å²) in [7, 11) is 0. The lowest BCUT2D eigenvalue weighted by molar-refractivity contribution is 0.441. The van der Waals surface area contributed by atoms with Crippen LogP contribution in [-0.2, 0) is 0 Å². The van der Waals surface area contributed by atoms with Gasteiger partial charge in [-0.2, -0.15) is 0 Å². The van der Waals surface area contributed by atoms with E-state index in [0.717, 1.165) is 24.0 Å². The molecule has 0 atom stereocenters. The van der Waals surface area contributed by atoms with Gasteiger partial charge in [-0.1, -0.05) is 0 Å². The van der Waals surface area contributed by atoms with Gasteiger partial charge < -0.3 is 15.0 Å². The zero-order valence-electron chi connectivity index (χ0n) is 11.6. The quantitative estimate of drug-likeness (QED) is 0.871. The molecule has 104 valence electrons. The molecule has 5 nitrogen and oxygen atoms in total. The number of nitrogens with zero attached hydrogens (tertiary/aromatic N) is 2. The van der Waals surface area contributed by atoms with Crippen LogP contribution in [0.4, 0.5) is 5.69 Å². The van der Waals surface area contributed by atoms with Crippen molar-refractivity contribution in [2.75, 3.05) is 5.73 Å². The van der Waals surface area contributed by atoms with Crippen molar-refractivity contribution < 1.29 is 4.74 Å². The second-order valence-electron chi connectivity index (χ2n) is 5.25. The van der Waals surface area contributed by atoms with Crippen molar-refractivity contribution in [2.24, 2.45) is 0 Å². The predicted octanol–water partition coefficient (Wildman–Crippen LogP) is 2.57. The normalized spacial score (nSPS) is 14.3. The molecule has 0 aliphatic heterocycles. The van der Waals surface area contributed by atoms with Crippen LogP contribution >= 0.6 is 0 Å². The van der Waals surface area contributed by atoms with Gasteiger partial charge in [0, 0.05) is 24.1 Å². The molecule has 1 aromatic carbocycles. The Morgan fingerprint density at radius 3 is 2.75 bits per heavy atom. The number of ether oxygens (including phenoxy) is 1.